The van der Waals surface area contributed by atoms with Crippen molar-refractivity contribution < 1.29 is 9.59 Å². The van der Waals surface area contributed by atoms with E-state index < -0.39 is 0 Å². The number of hydrogen-bond donors (Lipinski definition) is 1. The Hall–Kier alpha value is -3.02. The van der Waals surface area contributed by atoms with Crippen LogP contribution in [-0.4, -0.2) is 36.3 Å². The van der Waals surface area contributed by atoms with Gasteiger partial charge in [0.2, 0.25) is 0 Å². The van der Waals surface area contributed by atoms with Crippen LogP contribution in [-0.2, 0) is 13.0 Å². The molecule has 3 aromatic carbocycles. The van der Waals surface area contributed by atoms with Crippen LogP contribution >= 0.6 is 23.2 Å². The van der Waals surface area contributed by atoms with E-state index in [2.05, 4.69) is 34.5 Å². The second-order valence-electron chi connectivity index (χ2n) is 8.75. The van der Waals surface area contributed by atoms with Crippen LogP contribution in [0, 0.1) is 0 Å². The van der Waals surface area contributed by atoms with Crippen molar-refractivity contribution in [3.8, 4) is 0 Å². The maximum Gasteiger partial charge on any atom is 0.256 e. The van der Waals surface area contributed by atoms with Gasteiger partial charge in [0.25, 0.3) is 11.8 Å². The smallest absolute Gasteiger partial charge is 0.256 e. The number of halogens is 2. The molecule has 1 N–H and O–H groups in total. The number of nitrogens with one attached hydrogen (secondary N) is 1. The molecule has 2 heterocycles. The van der Waals surface area contributed by atoms with E-state index in [-0.39, 0.29) is 11.8 Å². The molecule has 2 amide bonds. The fourth-order valence-corrected chi connectivity index (χ4v) is 4.99. The maximum atomic E-state index is 13.5. The summed E-state index contributed by atoms with van der Waals surface area (Å²) in [5.41, 5.74) is 5.13. The topological polar surface area (TPSA) is 52.7 Å². The Labute approximate surface area is 209 Å². The zero-order valence-corrected chi connectivity index (χ0v) is 20.2. The van der Waals surface area contributed by atoms with Crippen LogP contribution in [0.3, 0.4) is 0 Å². The largest absolute Gasteiger partial charge is 0.366 e. The van der Waals surface area contributed by atoms with E-state index in [0.29, 0.717) is 26.9 Å². The molecule has 0 spiro atoms. The number of likely N-dealkylation sites (tertiary alicyclic amines) is 1. The lowest BCUT2D eigenvalue weighted by molar-refractivity contribution is 0.0793. The van der Waals surface area contributed by atoms with Crippen molar-refractivity contribution in [1.29, 1.82) is 0 Å². The summed E-state index contributed by atoms with van der Waals surface area (Å²) in [5, 5.41) is 3.62. The van der Waals surface area contributed by atoms with E-state index in [1.54, 1.807) is 18.2 Å². The maximum absolute atomic E-state index is 13.5. The molecule has 0 bridgehead atoms. The van der Waals surface area contributed by atoms with Gasteiger partial charge in [0.05, 0.1) is 15.6 Å². The first-order chi connectivity index (χ1) is 16.5. The lowest BCUT2D eigenvalue weighted by Gasteiger charge is -2.33. The summed E-state index contributed by atoms with van der Waals surface area (Å²) < 4.78 is 0. The van der Waals surface area contributed by atoms with Crippen LogP contribution in [0.5, 0.6) is 0 Å². The lowest BCUT2D eigenvalue weighted by atomic mass is 9.98. The fraction of sp³-hybridized carbons (Fsp3) is 0.259. The minimum atomic E-state index is -0.308. The molecule has 0 radical (unpaired) electrons. The standard InChI is InChI=1S/C27H25Cl2N3O2/c28-23-9-7-19(15-24(23)29)26(33)30-21-8-10-25(22(16-21)27(34)31-12-3-4-13-31)32-14-11-18-5-1-2-6-20(18)17-32/h1-2,5-10,15-16H,3-4,11-14,17H2,(H,30,33). The minimum Gasteiger partial charge on any atom is -0.366 e. The van der Waals surface area contributed by atoms with Gasteiger partial charge in [0.1, 0.15) is 0 Å². The molecule has 34 heavy (non-hydrogen) atoms. The Kier molecular flexibility index (Phi) is 6.48. The first-order valence-corrected chi connectivity index (χ1v) is 12.3. The van der Waals surface area contributed by atoms with Gasteiger partial charge in [-0.05, 0) is 66.8 Å². The molecular formula is C27H25Cl2N3O2. The van der Waals surface area contributed by atoms with Crippen molar-refractivity contribution in [3.63, 3.8) is 0 Å². The minimum absolute atomic E-state index is 0.0111. The first kappa shape index (κ1) is 22.8. The molecule has 174 valence electrons. The monoisotopic (exact) mass is 493 g/mol. The summed E-state index contributed by atoms with van der Waals surface area (Å²) in [6.07, 6.45) is 2.97. The summed E-state index contributed by atoms with van der Waals surface area (Å²) in [6.45, 7) is 3.12. The second kappa shape index (κ2) is 9.69. The highest BCUT2D eigenvalue weighted by Gasteiger charge is 2.26. The van der Waals surface area contributed by atoms with Gasteiger partial charge in [-0.1, -0.05) is 47.5 Å². The molecule has 0 atom stereocenters. The Morgan fingerprint density at radius 2 is 1.59 bits per heavy atom. The third-order valence-electron chi connectivity index (χ3n) is 6.53. The summed E-state index contributed by atoms with van der Waals surface area (Å²) in [7, 11) is 0. The second-order valence-corrected chi connectivity index (χ2v) is 9.57. The van der Waals surface area contributed by atoms with Gasteiger partial charge in [-0.2, -0.15) is 0 Å². The normalized spacial score (nSPS) is 15.2. The number of carbonyl (C=O) groups excluding carboxylic acids is 2. The van der Waals surface area contributed by atoms with E-state index in [1.165, 1.54) is 17.2 Å². The third-order valence-corrected chi connectivity index (χ3v) is 7.27. The predicted octanol–water partition coefficient (Wildman–Crippen LogP) is 6.04. The van der Waals surface area contributed by atoms with Crippen LogP contribution in [0.4, 0.5) is 11.4 Å². The van der Waals surface area contributed by atoms with Crippen molar-refractivity contribution in [2.75, 3.05) is 29.9 Å². The van der Waals surface area contributed by atoms with Crippen molar-refractivity contribution in [2.24, 2.45) is 0 Å². The number of anilines is 2. The average molecular weight is 494 g/mol. The molecular weight excluding hydrogens is 469 g/mol. The lowest BCUT2D eigenvalue weighted by Crippen LogP contribution is -2.34. The van der Waals surface area contributed by atoms with Crippen molar-refractivity contribution >= 4 is 46.4 Å². The Balaban J connectivity index is 1.45. The summed E-state index contributed by atoms with van der Waals surface area (Å²) in [5.74, 6) is -0.296. The van der Waals surface area contributed by atoms with Gasteiger partial charge in [-0.25, -0.2) is 0 Å². The van der Waals surface area contributed by atoms with E-state index >= 15 is 0 Å². The molecule has 2 aliphatic rings. The number of nitrogens with zero attached hydrogens (tertiary/aromatic N) is 2. The Morgan fingerprint density at radius 3 is 2.35 bits per heavy atom. The molecule has 0 aromatic heterocycles. The molecule has 5 rings (SSSR count). The van der Waals surface area contributed by atoms with Crippen LogP contribution in [0.2, 0.25) is 10.0 Å². The highest BCUT2D eigenvalue weighted by Crippen LogP contribution is 2.31. The van der Waals surface area contributed by atoms with Gasteiger partial charge in [-0.15, -0.1) is 0 Å². The highest BCUT2D eigenvalue weighted by atomic mass is 35.5. The number of carbonyl (C=O) groups is 2. The number of fused-ring (bicyclic) bond motifs is 1. The van der Waals surface area contributed by atoms with Crippen molar-refractivity contribution in [2.45, 2.75) is 25.8 Å². The number of hydrogen-bond acceptors (Lipinski definition) is 3. The molecule has 2 aliphatic heterocycles. The third kappa shape index (κ3) is 4.63. The van der Waals surface area contributed by atoms with E-state index in [9.17, 15) is 9.59 Å². The fourth-order valence-electron chi connectivity index (χ4n) is 4.69. The molecule has 1 fully saturated rings. The van der Waals surface area contributed by atoms with Gasteiger partial charge in [0, 0.05) is 43.1 Å². The van der Waals surface area contributed by atoms with Crippen LogP contribution in [0.1, 0.15) is 44.7 Å². The van der Waals surface area contributed by atoms with Gasteiger partial charge >= 0.3 is 0 Å². The summed E-state index contributed by atoms with van der Waals surface area (Å²) in [6, 6.07) is 18.8. The van der Waals surface area contributed by atoms with Crippen LogP contribution in [0.15, 0.2) is 60.7 Å². The van der Waals surface area contributed by atoms with Crippen LogP contribution < -0.4 is 10.2 Å². The quantitative estimate of drug-likeness (QED) is 0.481. The van der Waals surface area contributed by atoms with Gasteiger partial charge in [0.15, 0.2) is 0 Å². The number of rotatable bonds is 4. The molecule has 7 heteroatoms. The zero-order valence-electron chi connectivity index (χ0n) is 18.7. The molecule has 3 aromatic rings. The van der Waals surface area contributed by atoms with Gasteiger partial charge in [-0.3, -0.25) is 9.59 Å². The Bertz CT molecular complexity index is 1250. The molecule has 0 aliphatic carbocycles. The van der Waals surface area contributed by atoms with Crippen molar-refractivity contribution in [3.05, 3.63) is 93.0 Å². The molecule has 1 saturated heterocycles. The average Bonchev–Trinajstić information content (AvgIpc) is 3.40. The molecule has 5 nitrogen and oxygen atoms in total. The Morgan fingerprint density at radius 1 is 0.824 bits per heavy atom. The molecule has 0 saturated carbocycles. The van der Waals surface area contributed by atoms with Gasteiger partial charge < -0.3 is 15.1 Å². The first-order valence-electron chi connectivity index (χ1n) is 11.5. The van der Waals surface area contributed by atoms with E-state index in [1.807, 2.05) is 17.0 Å². The predicted molar refractivity (Wildman–Crippen MR) is 137 cm³/mol. The SMILES string of the molecule is O=C(Nc1ccc(N2CCc3ccccc3C2)c(C(=O)N2CCCC2)c1)c1ccc(Cl)c(Cl)c1. The van der Waals surface area contributed by atoms with Crippen LogP contribution in [0.25, 0.3) is 0 Å². The molecule has 0 unspecified atom stereocenters. The number of amides is 2. The summed E-state index contributed by atoms with van der Waals surface area (Å²) >= 11 is 12.1. The van der Waals surface area contributed by atoms with Crippen molar-refractivity contribution in [1.82, 2.24) is 4.90 Å². The summed E-state index contributed by atoms with van der Waals surface area (Å²) in [4.78, 5) is 30.5. The van der Waals surface area contributed by atoms with E-state index in [4.69, 9.17) is 23.2 Å². The zero-order chi connectivity index (χ0) is 23.7. The number of benzene rings is 3. The highest BCUT2D eigenvalue weighted by molar-refractivity contribution is 6.42. The van der Waals surface area contributed by atoms with E-state index in [0.717, 1.165) is 51.1 Å².